The van der Waals surface area contributed by atoms with Gasteiger partial charge in [0.05, 0.1) is 0 Å². The fourth-order valence-electron chi connectivity index (χ4n) is 6.20. The number of carbonyl (C=O) groups excluding carboxylic acids is 2. The summed E-state index contributed by atoms with van der Waals surface area (Å²) < 4.78 is 0. The third kappa shape index (κ3) is 6.70. The van der Waals surface area contributed by atoms with Crippen LogP contribution in [-0.4, -0.2) is 64.9 Å². The minimum atomic E-state index is -0.432. The van der Waals surface area contributed by atoms with Gasteiger partial charge in [0.2, 0.25) is 5.91 Å². The average Bonchev–Trinajstić information content (AvgIpc) is 3.54. The number of pyridine rings is 1. The summed E-state index contributed by atoms with van der Waals surface area (Å²) in [6, 6.07) is 21.0. The maximum atomic E-state index is 13.0. The van der Waals surface area contributed by atoms with Crippen molar-refractivity contribution in [1.29, 1.82) is 0 Å². The van der Waals surface area contributed by atoms with Gasteiger partial charge in [0.1, 0.15) is 0 Å². The number of para-hydroxylation sites is 1. The van der Waals surface area contributed by atoms with E-state index in [1.54, 1.807) is 12.1 Å². The second-order valence-corrected chi connectivity index (χ2v) is 11.2. The number of rotatable bonds is 10. The molecule has 0 radical (unpaired) electrons. The lowest BCUT2D eigenvalue weighted by molar-refractivity contribution is 0.0792. The van der Waals surface area contributed by atoms with Crippen LogP contribution in [0.3, 0.4) is 0 Å². The topological polar surface area (TPSA) is 82.8 Å². The highest BCUT2D eigenvalue weighted by Gasteiger charge is 2.28. The van der Waals surface area contributed by atoms with Crippen molar-refractivity contribution in [1.82, 2.24) is 14.8 Å². The number of piperidine rings is 1. The molecule has 1 atom stereocenters. The summed E-state index contributed by atoms with van der Waals surface area (Å²) in [4.78, 5) is 36.4. The number of carbonyl (C=O) groups is 2. The number of aryl methyl sites for hydroxylation is 1. The van der Waals surface area contributed by atoms with Crippen molar-refractivity contribution in [2.24, 2.45) is 5.73 Å². The van der Waals surface area contributed by atoms with Gasteiger partial charge in [-0.2, -0.15) is 0 Å². The quantitative estimate of drug-likeness (QED) is 0.396. The summed E-state index contributed by atoms with van der Waals surface area (Å²) in [6.45, 7) is 6.79. The van der Waals surface area contributed by atoms with E-state index in [0.717, 1.165) is 76.8 Å². The summed E-state index contributed by atoms with van der Waals surface area (Å²) in [7, 11) is 0. The van der Waals surface area contributed by atoms with Gasteiger partial charge in [0, 0.05) is 74.0 Å². The highest BCUT2D eigenvalue weighted by molar-refractivity contribution is 5.98. The minimum Gasteiger partial charge on any atom is -0.366 e. The second-order valence-electron chi connectivity index (χ2n) is 11.2. The largest absolute Gasteiger partial charge is 0.366 e. The lowest BCUT2D eigenvalue weighted by atomic mass is 9.95. The van der Waals surface area contributed by atoms with Crippen molar-refractivity contribution in [3.63, 3.8) is 0 Å². The Hall–Kier alpha value is -3.71. The van der Waals surface area contributed by atoms with Crippen LogP contribution in [0.25, 0.3) is 0 Å². The molecule has 2 amide bonds. The van der Waals surface area contributed by atoms with Crippen LogP contribution in [-0.2, 0) is 13.0 Å². The summed E-state index contributed by atoms with van der Waals surface area (Å²) in [5.41, 5.74) is 10.2. The van der Waals surface area contributed by atoms with Crippen molar-refractivity contribution in [2.45, 2.75) is 64.1 Å². The number of hydrogen-bond acceptors (Lipinski definition) is 5. The minimum absolute atomic E-state index is 0.0548. The molecule has 0 spiro atoms. The monoisotopic (exact) mass is 539 g/mol. The Morgan fingerprint density at radius 1 is 1.00 bits per heavy atom. The first-order valence-corrected chi connectivity index (χ1v) is 14.7. The highest BCUT2D eigenvalue weighted by atomic mass is 16.2. The molecule has 2 aromatic carbocycles. The van der Waals surface area contributed by atoms with E-state index < -0.39 is 5.91 Å². The Balaban J connectivity index is 1.21. The predicted molar refractivity (Wildman–Crippen MR) is 159 cm³/mol. The van der Waals surface area contributed by atoms with Crippen LogP contribution in [0.5, 0.6) is 0 Å². The zero-order chi connectivity index (χ0) is 27.9. The van der Waals surface area contributed by atoms with Gasteiger partial charge < -0.3 is 20.4 Å². The molecule has 2 saturated heterocycles. The van der Waals surface area contributed by atoms with Gasteiger partial charge in [-0.05, 0) is 93.0 Å². The molecule has 2 N–H and O–H groups in total. The summed E-state index contributed by atoms with van der Waals surface area (Å²) in [6.07, 6.45) is 9.70. The van der Waals surface area contributed by atoms with Crippen LogP contribution in [0.1, 0.15) is 70.9 Å². The molecule has 0 unspecified atom stereocenters. The third-order valence-electron chi connectivity index (χ3n) is 8.57. The molecule has 2 fully saturated rings. The van der Waals surface area contributed by atoms with E-state index in [9.17, 15) is 9.59 Å². The van der Waals surface area contributed by atoms with E-state index >= 15 is 0 Å². The van der Waals surface area contributed by atoms with Crippen LogP contribution >= 0.6 is 0 Å². The van der Waals surface area contributed by atoms with Crippen molar-refractivity contribution in [3.8, 4) is 0 Å². The maximum absolute atomic E-state index is 13.0. The van der Waals surface area contributed by atoms with Gasteiger partial charge in [0.25, 0.3) is 5.91 Å². The molecule has 5 rings (SSSR count). The zero-order valence-corrected chi connectivity index (χ0v) is 23.5. The molecule has 2 aliphatic heterocycles. The van der Waals surface area contributed by atoms with Gasteiger partial charge in [0.15, 0.2) is 0 Å². The van der Waals surface area contributed by atoms with Crippen LogP contribution in [0.4, 0.5) is 5.69 Å². The number of primary amides is 1. The molecule has 0 bridgehead atoms. The van der Waals surface area contributed by atoms with Gasteiger partial charge in [-0.25, -0.2) is 0 Å². The smallest absolute Gasteiger partial charge is 0.253 e. The summed E-state index contributed by atoms with van der Waals surface area (Å²) in [5.74, 6) is -0.377. The maximum Gasteiger partial charge on any atom is 0.253 e. The third-order valence-corrected chi connectivity index (χ3v) is 8.57. The van der Waals surface area contributed by atoms with E-state index in [2.05, 4.69) is 58.1 Å². The highest BCUT2D eigenvalue weighted by Crippen LogP contribution is 2.27. The normalized spacial score (nSPS) is 17.1. The zero-order valence-electron chi connectivity index (χ0n) is 23.5. The molecule has 2 aliphatic rings. The Kier molecular flexibility index (Phi) is 9.12. The van der Waals surface area contributed by atoms with Gasteiger partial charge in [-0.3, -0.25) is 14.6 Å². The Labute approximate surface area is 238 Å². The first-order chi connectivity index (χ1) is 19.5. The molecule has 210 valence electrons. The molecular weight excluding hydrogens is 498 g/mol. The number of nitrogens with two attached hydrogens (primary N) is 1. The average molecular weight is 540 g/mol. The SMILES string of the molecule is C[C@H](CCc1cc(C(=O)N2CCCC2)ccc1C(N)=O)N1CCC(N(Cc2cccnc2)c2ccccc2)CC1. The Bertz CT molecular complexity index is 1270. The van der Waals surface area contributed by atoms with Crippen LogP contribution in [0.15, 0.2) is 73.1 Å². The van der Waals surface area contributed by atoms with Gasteiger partial charge in [-0.1, -0.05) is 24.3 Å². The standard InChI is InChI=1S/C33H41N5O2/c1-25(11-12-27-22-28(13-14-31(27)32(34)39)33(40)37-18-5-6-19-37)36-20-15-30(16-21-36)38(29-9-3-2-4-10-29)24-26-8-7-17-35-23-26/h2-4,7-10,13-14,17,22-23,25,30H,5-6,11-12,15-16,18-21,24H2,1H3,(H2,34,39)/t25-/m1/s1. The lowest BCUT2D eigenvalue weighted by Gasteiger charge is -2.42. The number of amides is 2. The van der Waals surface area contributed by atoms with Gasteiger partial charge in [-0.15, -0.1) is 0 Å². The van der Waals surface area contributed by atoms with E-state index in [0.29, 0.717) is 23.2 Å². The Morgan fingerprint density at radius 3 is 2.42 bits per heavy atom. The first kappa shape index (κ1) is 27.8. The van der Waals surface area contributed by atoms with Crippen LogP contribution in [0.2, 0.25) is 0 Å². The van der Waals surface area contributed by atoms with Crippen LogP contribution in [0, 0.1) is 0 Å². The second kappa shape index (κ2) is 13.1. The molecular formula is C33H41N5O2. The number of anilines is 1. The van der Waals surface area contributed by atoms with E-state index in [1.165, 1.54) is 11.3 Å². The van der Waals surface area contributed by atoms with Crippen molar-refractivity contribution >= 4 is 17.5 Å². The molecule has 7 nitrogen and oxygen atoms in total. The lowest BCUT2D eigenvalue weighted by Crippen LogP contribution is -2.47. The van der Waals surface area contributed by atoms with Crippen molar-refractivity contribution in [3.05, 3.63) is 95.3 Å². The molecule has 0 saturated carbocycles. The molecule has 7 heteroatoms. The summed E-state index contributed by atoms with van der Waals surface area (Å²) >= 11 is 0. The van der Waals surface area contributed by atoms with Crippen molar-refractivity contribution in [2.75, 3.05) is 31.1 Å². The number of aromatic nitrogens is 1. The van der Waals surface area contributed by atoms with Gasteiger partial charge >= 0.3 is 0 Å². The molecule has 3 heterocycles. The molecule has 0 aliphatic carbocycles. The van der Waals surface area contributed by atoms with E-state index in [1.807, 2.05) is 29.4 Å². The molecule has 3 aromatic rings. The number of hydrogen-bond donors (Lipinski definition) is 1. The fraction of sp³-hybridized carbons (Fsp3) is 0.424. The predicted octanol–water partition coefficient (Wildman–Crippen LogP) is 4.91. The Morgan fingerprint density at radius 2 is 1.75 bits per heavy atom. The number of benzene rings is 2. The molecule has 1 aromatic heterocycles. The van der Waals surface area contributed by atoms with E-state index in [4.69, 9.17) is 5.73 Å². The molecule has 40 heavy (non-hydrogen) atoms. The van der Waals surface area contributed by atoms with E-state index in [-0.39, 0.29) is 5.91 Å². The van der Waals surface area contributed by atoms with Crippen LogP contribution < -0.4 is 10.6 Å². The number of nitrogens with zero attached hydrogens (tertiary/aromatic N) is 4. The van der Waals surface area contributed by atoms with Crippen molar-refractivity contribution < 1.29 is 9.59 Å². The fourth-order valence-corrected chi connectivity index (χ4v) is 6.20. The first-order valence-electron chi connectivity index (χ1n) is 14.7. The number of likely N-dealkylation sites (tertiary alicyclic amines) is 2. The summed E-state index contributed by atoms with van der Waals surface area (Å²) in [5, 5.41) is 0.